The summed E-state index contributed by atoms with van der Waals surface area (Å²) in [5, 5.41) is 1.21. The normalized spacial score (nSPS) is 10.6. The lowest BCUT2D eigenvalue weighted by Crippen LogP contribution is -1.99. The Balaban J connectivity index is 2.52. The van der Waals surface area contributed by atoms with Crippen LogP contribution in [0, 0.1) is 6.92 Å². The first-order valence-corrected chi connectivity index (χ1v) is 6.16. The molecule has 1 aromatic heterocycles. The first-order valence-electron chi connectivity index (χ1n) is 5.40. The highest BCUT2D eigenvalue weighted by Crippen LogP contribution is 2.23. The molecule has 0 N–H and O–H groups in total. The molecule has 0 amide bonds. The molecule has 0 bridgehead atoms. The Morgan fingerprint density at radius 2 is 1.71 bits per heavy atom. The van der Waals surface area contributed by atoms with Crippen molar-refractivity contribution in [2.75, 3.05) is 0 Å². The van der Waals surface area contributed by atoms with Crippen LogP contribution in [0.4, 0.5) is 0 Å². The standard InChI is InChI=1S/C13H12Cl2N2/c1-3-11-8(2)12(15)17-13(16-11)9-4-6-10(14)7-5-9/h4-7H,3H2,1-2H3. The molecular formula is C13H12Cl2N2. The van der Waals surface area contributed by atoms with Gasteiger partial charge in [0.2, 0.25) is 0 Å². The summed E-state index contributed by atoms with van der Waals surface area (Å²) in [6.07, 6.45) is 0.842. The fraction of sp³-hybridized carbons (Fsp3) is 0.231. The van der Waals surface area contributed by atoms with Crippen LogP contribution in [0.5, 0.6) is 0 Å². The molecule has 0 atom stereocenters. The molecule has 1 aromatic carbocycles. The molecule has 0 spiro atoms. The van der Waals surface area contributed by atoms with Gasteiger partial charge in [0.1, 0.15) is 5.15 Å². The van der Waals surface area contributed by atoms with Crippen LogP contribution in [0.3, 0.4) is 0 Å². The number of nitrogens with zero attached hydrogens (tertiary/aromatic N) is 2. The third-order valence-electron chi connectivity index (χ3n) is 2.62. The number of benzene rings is 1. The molecule has 0 unspecified atom stereocenters. The summed E-state index contributed by atoms with van der Waals surface area (Å²) in [5.41, 5.74) is 2.85. The summed E-state index contributed by atoms with van der Waals surface area (Å²) in [6, 6.07) is 7.42. The van der Waals surface area contributed by atoms with Crippen LogP contribution in [0.25, 0.3) is 11.4 Å². The fourth-order valence-electron chi connectivity index (χ4n) is 1.60. The first kappa shape index (κ1) is 12.3. The maximum absolute atomic E-state index is 6.10. The van der Waals surface area contributed by atoms with E-state index in [1.165, 1.54) is 0 Å². The Morgan fingerprint density at radius 3 is 2.29 bits per heavy atom. The molecule has 4 heteroatoms. The van der Waals surface area contributed by atoms with E-state index in [4.69, 9.17) is 23.2 Å². The lowest BCUT2D eigenvalue weighted by Gasteiger charge is -2.07. The van der Waals surface area contributed by atoms with Gasteiger partial charge in [-0.2, -0.15) is 0 Å². The molecule has 0 aliphatic carbocycles. The maximum atomic E-state index is 6.10. The lowest BCUT2D eigenvalue weighted by molar-refractivity contribution is 0.977. The van der Waals surface area contributed by atoms with Gasteiger partial charge in [-0.15, -0.1) is 0 Å². The monoisotopic (exact) mass is 266 g/mol. The highest BCUT2D eigenvalue weighted by molar-refractivity contribution is 6.30. The number of hydrogen-bond acceptors (Lipinski definition) is 2. The molecule has 1 heterocycles. The molecule has 0 aliphatic rings. The van der Waals surface area contributed by atoms with Gasteiger partial charge >= 0.3 is 0 Å². The van der Waals surface area contributed by atoms with Gasteiger partial charge in [-0.1, -0.05) is 30.1 Å². The molecule has 0 saturated heterocycles. The Morgan fingerprint density at radius 1 is 1.06 bits per heavy atom. The van der Waals surface area contributed by atoms with Crippen molar-refractivity contribution in [3.05, 3.63) is 45.7 Å². The average molecular weight is 267 g/mol. The van der Waals surface area contributed by atoms with E-state index in [0.29, 0.717) is 16.0 Å². The molecule has 2 nitrogen and oxygen atoms in total. The molecule has 88 valence electrons. The second-order valence-electron chi connectivity index (χ2n) is 3.77. The second kappa shape index (κ2) is 5.03. The topological polar surface area (TPSA) is 25.8 Å². The Kier molecular flexibility index (Phi) is 3.65. The van der Waals surface area contributed by atoms with Crippen LogP contribution < -0.4 is 0 Å². The van der Waals surface area contributed by atoms with Crippen molar-refractivity contribution in [3.8, 4) is 11.4 Å². The lowest BCUT2D eigenvalue weighted by atomic mass is 10.1. The second-order valence-corrected chi connectivity index (χ2v) is 4.56. The molecule has 2 aromatic rings. The molecule has 0 fully saturated rings. The summed E-state index contributed by atoms with van der Waals surface area (Å²) >= 11 is 11.9. The van der Waals surface area contributed by atoms with Crippen LogP contribution in [-0.2, 0) is 6.42 Å². The third kappa shape index (κ3) is 2.59. The zero-order chi connectivity index (χ0) is 12.4. The maximum Gasteiger partial charge on any atom is 0.161 e. The van der Waals surface area contributed by atoms with Crippen LogP contribution >= 0.6 is 23.2 Å². The van der Waals surface area contributed by atoms with Gasteiger partial charge in [-0.05, 0) is 37.6 Å². The summed E-state index contributed by atoms with van der Waals surface area (Å²) in [4.78, 5) is 8.81. The zero-order valence-electron chi connectivity index (χ0n) is 9.67. The smallest absolute Gasteiger partial charge is 0.161 e. The number of aromatic nitrogens is 2. The van der Waals surface area contributed by atoms with Gasteiger partial charge in [-0.25, -0.2) is 9.97 Å². The largest absolute Gasteiger partial charge is 0.233 e. The number of aryl methyl sites for hydroxylation is 1. The quantitative estimate of drug-likeness (QED) is 0.757. The van der Waals surface area contributed by atoms with Gasteiger partial charge in [0, 0.05) is 21.8 Å². The summed E-state index contributed by atoms with van der Waals surface area (Å²) < 4.78 is 0. The fourth-order valence-corrected chi connectivity index (χ4v) is 1.92. The van der Waals surface area contributed by atoms with Crippen molar-refractivity contribution in [2.45, 2.75) is 20.3 Å². The van der Waals surface area contributed by atoms with E-state index >= 15 is 0 Å². The highest BCUT2D eigenvalue weighted by atomic mass is 35.5. The van der Waals surface area contributed by atoms with Gasteiger partial charge in [0.15, 0.2) is 5.82 Å². The van der Waals surface area contributed by atoms with E-state index in [2.05, 4.69) is 16.9 Å². The predicted octanol–water partition coefficient (Wildman–Crippen LogP) is 4.32. The van der Waals surface area contributed by atoms with Crippen LogP contribution in [0.15, 0.2) is 24.3 Å². The van der Waals surface area contributed by atoms with Gasteiger partial charge in [0.05, 0.1) is 0 Å². The minimum Gasteiger partial charge on any atom is -0.233 e. The van der Waals surface area contributed by atoms with E-state index in [9.17, 15) is 0 Å². The van der Waals surface area contributed by atoms with Crippen molar-refractivity contribution in [1.82, 2.24) is 9.97 Å². The molecule has 2 rings (SSSR count). The van der Waals surface area contributed by atoms with E-state index in [1.807, 2.05) is 31.2 Å². The summed E-state index contributed by atoms with van der Waals surface area (Å²) in [7, 11) is 0. The number of hydrogen-bond donors (Lipinski definition) is 0. The first-order chi connectivity index (χ1) is 8.11. The Hall–Kier alpha value is -1.12. The van der Waals surface area contributed by atoms with Crippen LogP contribution in [0.2, 0.25) is 10.2 Å². The molecule has 0 radical (unpaired) electrons. The molecule has 0 aliphatic heterocycles. The average Bonchev–Trinajstić information content (AvgIpc) is 2.33. The number of rotatable bonds is 2. The van der Waals surface area contributed by atoms with Crippen molar-refractivity contribution in [3.63, 3.8) is 0 Å². The number of halogens is 2. The Labute approximate surface area is 111 Å². The molecule has 17 heavy (non-hydrogen) atoms. The highest BCUT2D eigenvalue weighted by Gasteiger charge is 2.09. The van der Waals surface area contributed by atoms with E-state index < -0.39 is 0 Å². The zero-order valence-corrected chi connectivity index (χ0v) is 11.2. The van der Waals surface area contributed by atoms with Crippen molar-refractivity contribution < 1.29 is 0 Å². The van der Waals surface area contributed by atoms with E-state index in [-0.39, 0.29) is 0 Å². The third-order valence-corrected chi connectivity index (χ3v) is 3.24. The summed E-state index contributed by atoms with van der Waals surface area (Å²) in [5.74, 6) is 0.647. The van der Waals surface area contributed by atoms with Gasteiger partial charge in [-0.3, -0.25) is 0 Å². The predicted molar refractivity (Wildman–Crippen MR) is 71.6 cm³/mol. The van der Waals surface area contributed by atoms with Gasteiger partial charge in [0.25, 0.3) is 0 Å². The van der Waals surface area contributed by atoms with Gasteiger partial charge < -0.3 is 0 Å². The SMILES string of the molecule is CCc1nc(-c2ccc(Cl)cc2)nc(Cl)c1C. The van der Waals surface area contributed by atoms with E-state index in [0.717, 1.165) is 23.2 Å². The molecule has 0 saturated carbocycles. The summed E-state index contributed by atoms with van der Waals surface area (Å²) in [6.45, 7) is 3.99. The van der Waals surface area contributed by atoms with Crippen molar-refractivity contribution in [1.29, 1.82) is 0 Å². The van der Waals surface area contributed by atoms with E-state index in [1.54, 1.807) is 0 Å². The minimum absolute atomic E-state index is 0.516. The molecular weight excluding hydrogens is 255 g/mol. The van der Waals surface area contributed by atoms with Crippen molar-refractivity contribution >= 4 is 23.2 Å². The van der Waals surface area contributed by atoms with Crippen molar-refractivity contribution in [2.24, 2.45) is 0 Å². The van der Waals surface area contributed by atoms with Crippen LogP contribution in [0.1, 0.15) is 18.2 Å². The minimum atomic E-state index is 0.516. The Bertz CT molecular complexity index is 536. The van der Waals surface area contributed by atoms with Crippen LogP contribution in [-0.4, -0.2) is 9.97 Å².